The van der Waals surface area contributed by atoms with E-state index in [1.54, 1.807) is 22.7 Å². The van der Waals surface area contributed by atoms with Crippen LogP contribution in [0.2, 0.25) is 0 Å². The highest BCUT2D eigenvalue weighted by Gasteiger charge is 2.39. The number of likely N-dealkylation sites (tertiary alicyclic amines) is 2. The number of aliphatic imine (C=N–C) groups is 1. The second-order valence-corrected chi connectivity index (χ2v) is 16.7. The minimum Gasteiger partial charge on any atom is -0.338 e. The van der Waals surface area contributed by atoms with Crippen LogP contribution in [0.15, 0.2) is 90.4 Å². The third-order valence-electron chi connectivity index (χ3n) is 10.6. The Balaban J connectivity index is 0.923. The van der Waals surface area contributed by atoms with Crippen molar-refractivity contribution in [3.05, 3.63) is 107 Å². The van der Waals surface area contributed by atoms with Crippen LogP contribution < -0.4 is 0 Å². The molecule has 4 atom stereocenters. The van der Waals surface area contributed by atoms with Crippen LogP contribution in [-0.2, 0) is 9.59 Å². The highest BCUT2D eigenvalue weighted by atomic mass is 32.1. The molecular formula is C41H45N9O2S2. The number of aromatic nitrogens is 4. The van der Waals surface area contributed by atoms with E-state index in [4.69, 9.17) is 19.9 Å². The molecule has 8 rings (SSSR count). The van der Waals surface area contributed by atoms with E-state index in [1.165, 1.54) is 0 Å². The number of benzene rings is 2. The zero-order chi connectivity index (χ0) is 37.3. The molecule has 3 aliphatic rings. The number of hydrogen-bond donors (Lipinski definition) is 1. The van der Waals surface area contributed by atoms with E-state index in [0.29, 0.717) is 13.0 Å². The highest BCUT2D eigenvalue weighted by Crippen LogP contribution is 2.40. The summed E-state index contributed by atoms with van der Waals surface area (Å²) in [5, 5.41) is 1.78. The van der Waals surface area contributed by atoms with Gasteiger partial charge in [0.05, 0.1) is 33.7 Å². The Morgan fingerprint density at radius 1 is 0.722 bits per heavy atom. The maximum atomic E-state index is 13.9. The molecule has 0 aliphatic carbocycles. The lowest BCUT2D eigenvalue weighted by atomic mass is 10.0. The zero-order valence-electron chi connectivity index (χ0n) is 31.1. The molecule has 2 amide bonds. The summed E-state index contributed by atoms with van der Waals surface area (Å²) in [4.78, 5) is 60.6. The molecule has 278 valence electrons. The van der Waals surface area contributed by atoms with Crippen molar-refractivity contribution in [3.8, 4) is 20.5 Å². The number of carbonyl (C=O) groups excluding carboxylic acids is 2. The lowest BCUT2D eigenvalue weighted by Gasteiger charge is -2.32. The van der Waals surface area contributed by atoms with Crippen molar-refractivity contribution in [1.29, 1.82) is 0 Å². The molecule has 54 heavy (non-hydrogen) atoms. The first-order chi connectivity index (χ1) is 26.3. The molecule has 2 fully saturated rings. The molecule has 2 aromatic carbocycles. The molecule has 2 saturated heterocycles. The van der Waals surface area contributed by atoms with Crippen LogP contribution in [0, 0.1) is 0 Å². The van der Waals surface area contributed by atoms with Crippen LogP contribution in [0.3, 0.4) is 0 Å². The average Bonchev–Trinajstić information content (AvgIpc) is 4.02. The van der Waals surface area contributed by atoms with Crippen LogP contribution in [0.5, 0.6) is 0 Å². The first-order valence-electron chi connectivity index (χ1n) is 18.5. The van der Waals surface area contributed by atoms with E-state index in [1.807, 2.05) is 133 Å². The number of allylic oxidation sites excluding steroid dienone is 1. The van der Waals surface area contributed by atoms with Crippen LogP contribution in [0.1, 0.15) is 72.2 Å². The third-order valence-corrected chi connectivity index (χ3v) is 12.9. The standard InChI is InChI=1S/C41H45N9O2S2/c1-47(2)35(26-13-7-5-8-14-26)40(51)49-19-11-17-31(49)29-21-28(22-42-29)38-44-24-33(53-38)34-25-45-39(54-34)30-23-43-37(46-30)32-18-12-20-50(32)41(52)36(48(3)4)27-15-9-6-10-16-27/h5-10,13-16,22-25,31-32,35-36H,11-12,17-21H2,1-4H3,(H,43,46)/t31-,32-,35+,36+/m0/s1. The molecular weight excluding hydrogens is 715 g/mol. The van der Waals surface area contributed by atoms with Crippen molar-refractivity contribution in [2.45, 2.75) is 56.3 Å². The van der Waals surface area contributed by atoms with Crippen molar-refractivity contribution in [1.82, 2.24) is 39.5 Å². The Kier molecular flexibility index (Phi) is 10.4. The largest absolute Gasteiger partial charge is 0.338 e. The summed E-state index contributed by atoms with van der Waals surface area (Å²) in [7, 11) is 7.84. The normalized spacial score (nSPS) is 19.8. The molecule has 0 bridgehead atoms. The first-order valence-corrected chi connectivity index (χ1v) is 20.2. The molecule has 11 nitrogen and oxygen atoms in total. The molecule has 0 spiro atoms. The second-order valence-electron chi connectivity index (χ2n) is 14.6. The minimum atomic E-state index is -0.354. The van der Waals surface area contributed by atoms with Gasteiger partial charge in [0.1, 0.15) is 27.9 Å². The van der Waals surface area contributed by atoms with E-state index in [2.05, 4.69) is 4.98 Å². The minimum absolute atomic E-state index is 0.00657. The second kappa shape index (κ2) is 15.5. The van der Waals surface area contributed by atoms with Crippen molar-refractivity contribution >= 4 is 45.8 Å². The molecule has 0 radical (unpaired) electrons. The van der Waals surface area contributed by atoms with Gasteiger partial charge in [-0.1, -0.05) is 60.7 Å². The Hall–Kier alpha value is -4.82. The van der Waals surface area contributed by atoms with Gasteiger partial charge in [0.15, 0.2) is 0 Å². The Labute approximate surface area is 324 Å². The Morgan fingerprint density at radius 2 is 1.26 bits per heavy atom. The Bertz CT molecular complexity index is 2170. The number of hydrogen-bond acceptors (Lipinski definition) is 10. The van der Waals surface area contributed by atoms with Gasteiger partial charge in [0.2, 0.25) is 11.8 Å². The summed E-state index contributed by atoms with van der Waals surface area (Å²) in [5.74, 6) is 1.01. The number of nitrogens with zero attached hydrogens (tertiary/aromatic N) is 8. The van der Waals surface area contributed by atoms with Gasteiger partial charge in [-0.2, -0.15) is 0 Å². The van der Waals surface area contributed by atoms with Crippen LogP contribution >= 0.6 is 22.7 Å². The number of aromatic amines is 1. The molecule has 1 N–H and O–H groups in total. The van der Waals surface area contributed by atoms with Gasteiger partial charge in [-0.3, -0.25) is 24.4 Å². The monoisotopic (exact) mass is 759 g/mol. The first kappa shape index (κ1) is 36.2. The number of nitrogens with one attached hydrogen (secondary N) is 1. The van der Waals surface area contributed by atoms with E-state index >= 15 is 0 Å². The van der Waals surface area contributed by atoms with Gasteiger partial charge in [-0.25, -0.2) is 15.0 Å². The third kappa shape index (κ3) is 7.08. The number of H-pyrrole nitrogens is 1. The van der Waals surface area contributed by atoms with Crippen molar-refractivity contribution < 1.29 is 9.59 Å². The fourth-order valence-corrected chi connectivity index (χ4v) is 9.91. The van der Waals surface area contributed by atoms with Crippen LogP contribution in [-0.4, -0.2) is 104 Å². The lowest BCUT2D eigenvalue weighted by molar-refractivity contribution is -0.137. The van der Waals surface area contributed by atoms with E-state index in [0.717, 1.165) is 85.9 Å². The predicted octanol–water partition coefficient (Wildman–Crippen LogP) is 7.10. The number of carbonyl (C=O) groups is 2. The summed E-state index contributed by atoms with van der Waals surface area (Å²) < 4.78 is 0. The van der Waals surface area contributed by atoms with Gasteiger partial charge < -0.3 is 14.8 Å². The summed E-state index contributed by atoms with van der Waals surface area (Å²) in [6.07, 6.45) is 11.9. The molecule has 3 aromatic heterocycles. The van der Waals surface area contributed by atoms with Gasteiger partial charge in [0.25, 0.3) is 0 Å². The molecule has 3 aliphatic heterocycles. The molecule has 13 heteroatoms. The molecule has 6 heterocycles. The molecule has 0 unspecified atom stereocenters. The van der Waals surface area contributed by atoms with E-state index < -0.39 is 0 Å². The van der Waals surface area contributed by atoms with E-state index in [9.17, 15) is 9.59 Å². The van der Waals surface area contributed by atoms with Crippen molar-refractivity contribution in [2.75, 3.05) is 41.3 Å². The quantitative estimate of drug-likeness (QED) is 0.153. The SMILES string of the molecule is CN(C)[C@@H](C(=O)N1CCC[C@H]1C1=NC=C(c2ncc(-c3cnc(-c4cnc([C@@H]5CCCN5C(=O)[C@@H](c5ccccc5)N(C)C)[nH]4)s3)s2)C1)c1ccccc1. The molecule has 0 saturated carbocycles. The van der Waals surface area contributed by atoms with Gasteiger partial charge >= 0.3 is 0 Å². The molecule has 5 aromatic rings. The number of imidazole rings is 1. The maximum absolute atomic E-state index is 13.9. The summed E-state index contributed by atoms with van der Waals surface area (Å²) >= 11 is 3.23. The predicted molar refractivity (Wildman–Crippen MR) is 215 cm³/mol. The zero-order valence-corrected chi connectivity index (χ0v) is 32.7. The average molecular weight is 760 g/mol. The van der Waals surface area contributed by atoms with Crippen LogP contribution in [0.4, 0.5) is 0 Å². The highest BCUT2D eigenvalue weighted by molar-refractivity contribution is 7.23. The smallest absolute Gasteiger partial charge is 0.245 e. The lowest BCUT2D eigenvalue weighted by Crippen LogP contribution is -2.45. The Morgan fingerprint density at radius 3 is 1.85 bits per heavy atom. The van der Waals surface area contributed by atoms with Crippen LogP contribution in [0.25, 0.3) is 26.0 Å². The number of thiazole rings is 2. The fraction of sp³-hybridized carbons (Fsp3) is 0.366. The number of amides is 2. The number of likely N-dealkylation sites (N-methyl/N-ethyl adjacent to an activating group) is 2. The van der Waals surface area contributed by atoms with Crippen molar-refractivity contribution in [2.24, 2.45) is 4.99 Å². The van der Waals surface area contributed by atoms with Gasteiger partial charge in [-0.05, 0) is 65.0 Å². The summed E-state index contributed by atoms with van der Waals surface area (Å²) in [6.45, 7) is 1.45. The maximum Gasteiger partial charge on any atom is 0.245 e. The summed E-state index contributed by atoms with van der Waals surface area (Å²) in [5.41, 5.74) is 4.95. The fourth-order valence-electron chi connectivity index (χ4n) is 8.05. The summed E-state index contributed by atoms with van der Waals surface area (Å²) in [6, 6.07) is 19.2. The van der Waals surface area contributed by atoms with Gasteiger partial charge in [0, 0.05) is 49.4 Å². The topological polar surface area (TPSA) is 114 Å². The van der Waals surface area contributed by atoms with Crippen molar-refractivity contribution in [3.63, 3.8) is 0 Å². The van der Waals surface area contributed by atoms with Gasteiger partial charge in [-0.15, -0.1) is 22.7 Å². The van der Waals surface area contributed by atoms with E-state index in [-0.39, 0.29) is 36.0 Å². The number of rotatable bonds is 11.